The molecule has 0 saturated heterocycles. The van der Waals surface area contributed by atoms with Crippen LogP contribution in [-0.2, 0) is 4.74 Å². The molecule has 0 fully saturated rings. The molecule has 0 aliphatic carbocycles. The van der Waals surface area contributed by atoms with E-state index in [0.717, 1.165) is 10.2 Å². The Morgan fingerprint density at radius 1 is 1.26 bits per heavy atom. The molecule has 0 atom stereocenters. The number of benzene rings is 2. The molecule has 0 heterocycles. The Hall–Kier alpha value is -2.01. The van der Waals surface area contributed by atoms with Gasteiger partial charge in [-0.3, -0.25) is 0 Å². The van der Waals surface area contributed by atoms with E-state index in [-0.39, 0.29) is 0 Å². The van der Waals surface area contributed by atoms with Crippen LogP contribution in [0.2, 0.25) is 0 Å². The maximum atomic E-state index is 11.6. The number of rotatable bonds is 3. The smallest absolute Gasteiger partial charge is 0.340 e. The summed E-state index contributed by atoms with van der Waals surface area (Å²) in [5, 5.41) is 3.17. The quantitative estimate of drug-likeness (QED) is 0.670. The second kappa shape index (κ2) is 5.75. The summed E-state index contributed by atoms with van der Waals surface area (Å²) in [6.45, 7) is 0. The topological polar surface area (TPSA) is 64.3 Å². The number of carbonyl (C=O) groups excluding carboxylic acids is 1. The molecule has 2 aromatic carbocycles. The number of methoxy groups -OCH3 is 1. The van der Waals surface area contributed by atoms with Crippen LogP contribution in [0.15, 0.2) is 46.9 Å². The molecule has 98 valence electrons. The highest BCUT2D eigenvalue weighted by molar-refractivity contribution is 9.10. The second-order valence-corrected chi connectivity index (χ2v) is 4.81. The number of esters is 1. The average Bonchev–Trinajstić information content (AvgIpc) is 2.40. The van der Waals surface area contributed by atoms with Crippen LogP contribution in [0.4, 0.5) is 17.1 Å². The molecule has 0 aliphatic rings. The maximum absolute atomic E-state index is 11.6. The first kappa shape index (κ1) is 13.4. The summed E-state index contributed by atoms with van der Waals surface area (Å²) in [6, 6.07) is 12.9. The van der Waals surface area contributed by atoms with E-state index in [2.05, 4.69) is 26.0 Å². The van der Waals surface area contributed by atoms with E-state index in [4.69, 9.17) is 5.73 Å². The molecule has 0 aromatic heterocycles. The van der Waals surface area contributed by atoms with Crippen LogP contribution in [0.5, 0.6) is 0 Å². The van der Waals surface area contributed by atoms with Gasteiger partial charge in [-0.15, -0.1) is 0 Å². The second-order valence-electron chi connectivity index (χ2n) is 3.89. The molecule has 5 heteroatoms. The fraction of sp³-hybridized carbons (Fsp3) is 0.0714. The average molecular weight is 321 g/mol. The number of nitrogens with one attached hydrogen (secondary N) is 1. The highest BCUT2D eigenvalue weighted by Crippen LogP contribution is 2.27. The summed E-state index contributed by atoms with van der Waals surface area (Å²) >= 11 is 3.40. The van der Waals surface area contributed by atoms with E-state index >= 15 is 0 Å². The van der Waals surface area contributed by atoms with Gasteiger partial charge in [-0.25, -0.2) is 4.79 Å². The Morgan fingerprint density at radius 3 is 2.68 bits per heavy atom. The van der Waals surface area contributed by atoms with E-state index in [0.29, 0.717) is 16.9 Å². The van der Waals surface area contributed by atoms with Crippen LogP contribution < -0.4 is 11.1 Å². The highest BCUT2D eigenvalue weighted by atomic mass is 79.9. The first-order chi connectivity index (χ1) is 9.11. The van der Waals surface area contributed by atoms with E-state index in [1.807, 2.05) is 30.3 Å². The Bertz CT molecular complexity index is 614. The molecule has 2 aromatic rings. The van der Waals surface area contributed by atoms with Gasteiger partial charge in [-0.1, -0.05) is 28.1 Å². The molecule has 2 rings (SSSR count). The molecule has 0 bridgehead atoms. The van der Waals surface area contributed by atoms with Gasteiger partial charge < -0.3 is 15.8 Å². The zero-order valence-electron chi connectivity index (χ0n) is 10.3. The fourth-order valence-electron chi connectivity index (χ4n) is 1.68. The van der Waals surface area contributed by atoms with Crippen molar-refractivity contribution >= 4 is 39.0 Å². The van der Waals surface area contributed by atoms with Crippen LogP contribution in [0.1, 0.15) is 10.4 Å². The molecule has 0 amide bonds. The Labute approximate surface area is 119 Å². The van der Waals surface area contributed by atoms with Gasteiger partial charge in [0.25, 0.3) is 0 Å². The van der Waals surface area contributed by atoms with Gasteiger partial charge in [0.2, 0.25) is 0 Å². The van der Waals surface area contributed by atoms with Gasteiger partial charge in [0.15, 0.2) is 0 Å². The molecule has 19 heavy (non-hydrogen) atoms. The van der Waals surface area contributed by atoms with Crippen molar-refractivity contribution in [3.05, 3.63) is 52.5 Å². The first-order valence-electron chi connectivity index (χ1n) is 5.61. The highest BCUT2D eigenvalue weighted by Gasteiger charge is 2.12. The standard InChI is InChI=1S/C14H13BrN2O2/c1-19-14(18)11-6-3-7-12(13(11)16)17-10-5-2-4-9(15)8-10/h2-8,17H,16H2,1H3. The fourth-order valence-corrected chi connectivity index (χ4v) is 2.08. The minimum atomic E-state index is -0.449. The third-order valence-corrected chi connectivity index (χ3v) is 3.11. The monoisotopic (exact) mass is 320 g/mol. The van der Waals surface area contributed by atoms with Crippen molar-refractivity contribution in [1.82, 2.24) is 0 Å². The molecule has 3 N–H and O–H groups in total. The van der Waals surface area contributed by atoms with Gasteiger partial charge in [0, 0.05) is 10.2 Å². The van der Waals surface area contributed by atoms with Crippen molar-refractivity contribution in [1.29, 1.82) is 0 Å². The molecule has 0 aliphatic heterocycles. The van der Waals surface area contributed by atoms with Crippen molar-refractivity contribution < 1.29 is 9.53 Å². The normalized spacial score (nSPS) is 10.0. The number of hydrogen-bond acceptors (Lipinski definition) is 4. The lowest BCUT2D eigenvalue weighted by Crippen LogP contribution is -2.07. The van der Waals surface area contributed by atoms with Gasteiger partial charge >= 0.3 is 5.97 Å². The van der Waals surface area contributed by atoms with Crippen LogP contribution in [0.25, 0.3) is 0 Å². The van der Waals surface area contributed by atoms with Crippen molar-refractivity contribution in [2.45, 2.75) is 0 Å². The van der Waals surface area contributed by atoms with Crippen molar-refractivity contribution in [3.63, 3.8) is 0 Å². The Morgan fingerprint density at radius 2 is 2.00 bits per heavy atom. The van der Waals surface area contributed by atoms with Gasteiger partial charge in [0.05, 0.1) is 24.0 Å². The van der Waals surface area contributed by atoms with Crippen molar-refractivity contribution in [3.8, 4) is 0 Å². The Kier molecular flexibility index (Phi) is 4.06. The van der Waals surface area contributed by atoms with E-state index < -0.39 is 5.97 Å². The number of ether oxygens (including phenoxy) is 1. The molecule has 0 spiro atoms. The molecular formula is C14H13BrN2O2. The van der Waals surface area contributed by atoms with Crippen LogP contribution in [-0.4, -0.2) is 13.1 Å². The largest absolute Gasteiger partial charge is 0.465 e. The summed E-state index contributed by atoms with van der Waals surface area (Å²) in [5.41, 5.74) is 8.24. The summed E-state index contributed by atoms with van der Waals surface area (Å²) in [6.07, 6.45) is 0. The van der Waals surface area contributed by atoms with Crippen LogP contribution in [0, 0.1) is 0 Å². The lowest BCUT2D eigenvalue weighted by atomic mass is 10.1. The number of nitrogens with two attached hydrogens (primary N) is 1. The minimum Gasteiger partial charge on any atom is -0.465 e. The zero-order valence-corrected chi connectivity index (χ0v) is 11.9. The Balaban J connectivity index is 2.33. The third-order valence-electron chi connectivity index (χ3n) is 2.62. The van der Waals surface area contributed by atoms with Gasteiger partial charge in [-0.2, -0.15) is 0 Å². The third kappa shape index (κ3) is 3.06. The maximum Gasteiger partial charge on any atom is 0.340 e. The lowest BCUT2D eigenvalue weighted by molar-refractivity contribution is 0.0602. The van der Waals surface area contributed by atoms with Crippen LogP contribution >= 0.6 is 15.9 Å². The molecule has 0 unspecified atom stereocenters. The number of hydrogen-bond donors (Lipinski definition) is 2. The predicted molar refractivity (Wildman–Crippen MR) is 79.6 cm³/mol. The lowest BCUT2D eigenvalue weighted by Gasteiger charge is -2.12. The summed E-state index contributed by atoms with van der Waals surface area (Å²) < 4.78 is 5.65. The van der Waals surface area contributed by atoms with E-state index in [1.165, 1.54) is 7.11 Å². The van der Waals surface area contributed by atoms with Crippen molar-refractivity contribution in [2.75, 3.05) is 18.2 Å². The number of carbonyl (C=O) groups is 1. The summed E-state index contributed by atoms with van der Waals surface area (Å²) in [5.74, 6) is -0.449. The van der Waals surface area contributed by atoms with E-state index in [9.17, 15) is 4.79 Å². The summed E-state index contributed by atoms with van der Waals surface area (Å²) in [7, 11) is 1.33. The van der Waals surface area contributed by atoms with Gasteiger partial charge in [0.1, 0.15) is 0 Å². The van der Waals surface area contributed by atoms with Crippen molar-refractivity contribution in [2.24, 2.45) is 0 Å². The number of nitrogen functional groups attached to an aromatic ring is 1. The molecule has 0 saturated carbocycles. The first-order valence-corrected chi connectivity index (χ1v) is 6.40. The van der Waals surface area contributed by atoms with Gasteiger partial charge in [-0.05, 0) is 30.3 Å². The summed E-state index contributed by atoms with van der Waals surface area (Å²) in [4.78, 5) is 11.6. The van der Waals surface area contributed by atoms with Crippen LogP contribution in [0.3, 0.4) is 0 Å². The van der Waals surface area contributed by atoms with E-state index in [1.54, 1.807) is 12.1 Å². The SMILES string of the molecule is COC(=O)c1cccc(Nc2cccc(Br)c2)c1N. The predicted octanol–water partition coefficient (Wildman–Crippen LogP) is 3.56. The molecule has 4 nitrogen and oxygen atoms in total. The zero-order chi connectivity index (χ0) is 13.8. The molecular weight excluding hydrogens is 308 g/mol. The molecule has 0 radical (unpaired) electrons. The number of anilines is 3. The number of para-hydroxylation sites is 1. The minimum absolute atomic E-state index is 0.350. The number of halogens is 1.